The van der Waals surface area contributed by atoms with Gasteiger partial charge in [-0.1, -0.05) is 0 Å². The lowest BCUT2D eigenvalue weighted by molar-refractivity contribution is 0.0547. The van der Waals surface area contributed by atoms with Gasteiger partial charge in [-0.2, -0.15) is 5.10 Å². The summed E-state index contributed by atoms with van der Waals surface area (Å²) >= 11 is 0. The van der Waals surface area contributed by atoms with Crippen molar-refractivity contribution in [3.63, 3.8) is 0 Å². The van der Waals surface area contributed by atoms with E-state index in [1.54, 1.807) is 0 Å². The van der Waals surface area contributed by atoms with Gasteiger partial charge in [0.15, 0.2) is 0 Å². The molecule has 4 heteroatoms. The Kier molecular flexibility index (Phi) is 4.78. The first-order valence-corrected chi connectivity index (χ1v) is 7.06. The van der Waals surface area contributed by atoms with Crippen molar-refractivity contribution in [2.45, 2.75) is 52.2 Å². The van der Waals surface area contributed by atoms with Crippen LogP contribution in [0.15, 0.2) is 12.4 Å². The largest absolute Gasteiger partial charge is 0.381 e. The minimum atomic E-state index is 0.364. The lowest BCUT2D eigenvalue weighted by atomic mass is 9.92. The first kappa shape index (κ1) is 13.6. The fourth-order valence-corrected chi connectivity index (χ4v) is 2.62. The van der Waals surface area contributed by atoms with Crippen molar-refractivity contribution in [2.24, 2.45) is 5.92 Å². The second-order valence-corrected chi connectivity index (χ2v) is 5.26. The summed E-state index contributed by atoms with van der Waals surface area (Å²) in [5, 5.41) is 8.03. The maximum atomic E-state index is 5.42. The van der Waals surface area contributed by atoms with E-state index in [1.807, 2.05) is 10.9 Å². The monoisotopic (exact) mass is 251 g/mol. The molecule has 1 saturated heterocycles. The average molecular weight is 251 g/mol. The normalized spacial score (nSPS) is 20.8. The van der Waals surface area contributed by atoms with E-state index < -0.39 is 0 Å². The summed E-state index contributed by atoms with van der Waals surface area (Å²) < 4.78 is 7.40. The zero-order chi connectivity index (χ0) is 13.0. The van der Waals surface area contributed by atoms with Crippen molar-refractivity contribution in [1.82, 2.24) is 15.1 Å². The molecule has 0 aromatic carbocycles. The van der Waals surface area contributed by atoms with Gasteiger partial charge in [-0.05, 0) is 39.5 Å². The predicted octanol–water partition coefficient (Wildman–Crippen LogP) is 2.37. The Morgan fingerprint density at radius 3 is 2.78 bits per heavy atom. The van der Waals surface area contributed by atoms with Gasteiger partial charge in [-0.15, -0.1) is 0 Å². The van der Waals surface area contributed by atoms with Crippen molar-refractivity contribution in [2.75, 3.05) is 13.2 Å². The molecule has 18 heavy (non-hydrogen) atoms. The van der Waals surface area contributed by atoms with Crippen molar-refractivity contribution in [3.05, 3.63) is 18.0 Å². The summed E-state index contributed by atoms with van der Waals surface area (Å²) in [7, 11) is 0. The molecule has 2 unspecified atom stereocenters. The molecule has 2 heterocycles. The summed E-state index contributed by atoms with van der Waals surface area (Å²) in [5.41, 5.74) is 1.27. The van der Waals surface area contributed by atoms with Gasteiger partial charge in [0.2, 0.25) is 0 Å². The first-order chi connectivity index (χ1) is 8.70. The molecular weight excluding hydrogens is 226 g/mol. The highest BCUT2D eigenvalue weighted by atomic mass is 16.5. The van der Waals surface area contributed by atoms with Crippen molar-refractivity contribution >= 4 is 0 Å². The standard InChI is InChI=1S/C14H25N3O/c1-4-17-10-14(9-15-17)12(3)16-11(2)13-5-7-18-8-6-13/h9-13,16H,4-8H2,1-3H3. The molecule has 1 aliphatic rings. The second kappa shape index (κ2) is 6.34. The van der Waals surface area contributed by atoms with Crippen LogP contribution in [-0.2, 0) is 11.3 Å². The van der Waals surface area contributed by atoms with Crippen LogP contribution < -0.4 is 5.32 Å². The number of aromatic nitrogens is 2. The van der Waals surface area contributed by atoms with Crippen LogP contribution >= 0.6 is 0 Å². The topological polar surface area (TPSA) is 39.1 Å². The molecule has 0 aliphatic carbocycles. The number of hydrogen-bond donors (Lipinski definition) is 1. The minimum absolute atomic E-state index is 0.364. The van der Waals surface area contributed by atoms with E-state index in [2.05, 4.69) is 37.4 Å². The minimum Gasteiger partial charge on any atom is -0.381 e. The van der Waals surface area contributed by atoms with E-state index >= 15 is 0 Å². The Balaban J connectivity index is 1.87. The number of nitrogens with zero attached hydrogens (tertiary/aromatic N) is 2. The highest BCUT2D eigenvalue weighted by Crippen LogP contribution is 2.21. The van der Waals surface area contributed by atoms with Crippen LogP contribution in [0.2, 0.25) is 0 Å². The Morgan fingerprint density at radius 2 is 2.17 bits per heavy atom. The maximum absolute atomic E-state index is 5.42. The molecule has 0 bridgehead atoms. The van der Waals surface area contributed by atoms with Gasteiger partial charge in [-0.25, -0.2) is 0 Å². The second-order valence-electron chi connectivity index (χ2n) is 5.26. The van der Waals surface area contributed by atoms with Crippen molar-refractivity contribution < 1.29 is 4.74 Å². The van der Waals surface area contributed by atoms with Crippen LogP contribution in [-0.4, -0.2) is 29.0 Å². The van der Waals surface area contributed by atoms with Crippen LogP contribution in [0.3, 0.4) is 0 Å². The van der Waals surface area contributed by atoms with E-state index in [-0.39, 0.29) is 0 Å². The van der Waals surface area contributed by atoms with Crippen LogP contribution in [0.1, 0.15) is 45.2 Å². The van der Waals surface area contributed by atoms with Gasteiger partial charge < -0.3 is 10.1 Å². The smallest absolute Gasteiger partial charge is 0.0537 e. The molecule has 0 saturated carbocycles. The molecule has 2 atom stereocenters. The van der Waals surface area contributed by atoms with Gasteiger partial charge in [0.25, 0.3) is 0 Å². The highest BCUT2D eigenvalue weighted by molar-refractivity contribution is 5.09. The summed E-state index contributed by atoms with van der Waals surface area (Å²) in [6.45, 7) is 9.38. The first-order valence-electron chi connectivity index (χ1n) is 7.06. The number of aryl methyl sites for hydroxylation is 1. The third kappa shape index (κ3) is 3.33. The molecule has 0 radical (unpaired) electrons. The van der Waals surface area contributed by atoms with Crippen LogP contribution in [0, 0.1) is 5.92 Å². The summed E-state index contributed by atoms with van der Waals surface area (Å²) in [6.07, 6.45) is 6.45. The van der Waals surface area contributed by atoms with E-state index in [1.165, 1.54) is 18.4 Å². The molecule has 2 rings (SSSR count). The lowest BCUT2D eigenvalue weighted by Crippen LogP contribution is -2.38. The van der Waals surface area contributed by atoms with E-state index in [9.17, 15) is 0 Å². The van der Waals surface area contributed by atoms with Gasteiger partial charge in [-0.3, -0.25) is 4.68 Å². The van der Waals surface area contributed by atoms with Crippen molar-refractivity contribution in [1.29, 1.82) is 0 Å². The van der Waals surface area contributed by atoms with Crippen molar-refractivity contribution in [3.8, 4) is 0 Å². The number of nitrogens with one attached hydrogen (secondary N) is 1. The third-order valence-electron chi connectivity index (χ3n) is 3.96. The molecule has 1 aliphatic heterocycles. The Hall–Kier alpha value is -0.870. The molecule has 102 valence electrons. The zero-order valence-electron chi connectivity index (χ0n) is 11.7. The molecule has 1 fully saturated rings. The number of ether oxygens (including phenoxy) is 1. The highest BCUT2D eigenvalue weighted by Gasteiger charge is 2.22. The fraction of sp³-hybridized carbons (Fsp3) is 0.786. The van der Waals surface area contributed by atoms with Gasteiger partial charge in [0.1, 0.15) is 0 Å². The SMILES string of the molecule is CCn1cc(C(C)NC(C)C2CCOCC2)cn1. The molecule has 1 aromatic heterocycles. The molecule has 1 aromatic rings. The molecule has 0 amide bonds. The van der Waals surface area contributed by atoms with Crippen LogP contribution in [0.4, 0.5) is 0 Å². The third-order valence-corrected chi connectivity index (χ3v) is 3.96. The Morgan fingerprint density at radius 1 is 1.44 bits per heavy atom. The molecule has 1 N–H and O–H groups in total. The Bertz CT molecular complexity index is 358. The average Bonchev–Trinajstić information content (AvgIpc) is 2.88. The van der Waals surface area contributed by atoms with E-state index in [4.69, 9.17) is 4.74 Å². The summed E-state index contributed by atoms with van der Waals surface area (Å²) in [6, 6.07) is 0.900. The number of hydrogen-bond acceptors (Lipinski definition) is 3. The molecular formula is C14H25N3O. The summed E-state index contributed by atoms with van der Waals surface area (Å²) in [5.74, 6) is 0.738. The molecule has 0 spiro atoms. The van der Waals surface area contributed by atoms with Gasteiger partial charge in [0, 0.05) is 43.6 Å². The van der Waals surface area contributed by atoms with Gasteiger partial charge in [0.05, 0.1) is 6.20 Å². The molecule has 4 nitrogen and oxygen atoms in total. The van der Waals surface area contributed by atoms with Crippen LogP contribution in [0.25, 0.3) is 0 Å². The quantitative estimate of drug-likeness (QED) is 0.873. The maximum Gasteiger partial charge on any atom is 0.0537 e. The van der Waals surface area contributed by atoms with E-state index in [0.29, 0.717) is 12.1 Å². The summed E-state index contributed by atoms with van der Waals surface area (Å²) in [4.78, 5) is 0. The van der Waals surface area contributed by atoms with E-state index in [0.717, 1.165) is 25.7 Å². The zero-order valence-corrected chi connectivity index (χ0v) is 11.7. The Labute approximate surface area is 110 Å². The number of rotatable bonds is 5. The predicted molar refractivity (Wildman–Crippen MR) is 72.5 cm³/mol. The van der Waals surface area contributed by atoms with Gasteiger partial charge >= 0.3 is 0 Å². The lowest BCUT2D eigenvalue weighted by Gasteiger charge is -2.30. The van der Waals surface area contributed by atoms with Crippen LogP contribution in [0.5, 0.6) is 0 Å². The fourth-order valence-electron chi connectivity index (χ4n) is 2.62.